The van der Waals surface area contributed by atoms with Crippen molar-refractivity contribution >= 4 is 23.9 Å². The average Bonchev–Trinajstić information content (AvgIpc) is 2.71. The molecule has 1 atom stereocenters. The Bertz CT molecular complexity index is 955. The van der Waals surface area contributed by atoms with E-state index in [1.165, 1.54) is 39.8 Å². The van der Waals surface area contributed by atoms with E-state index in [2.05, 4.69) is 4.84 Å². The molecule has 0 N–H and O–H groups in total. The average molecular weight is 512 g/mol. The first-order chi connectivity index (χ1) is 16.6. The molecule has 12 nitrogen and oxygen atoms in total. The maximum atomic E-state index is 12.5. The van der Waals surface area contributed by atoms with Crippen LogP contribution in [0.5, 0.6) is 5.75 Å². The predicted molar refractivity (Wildman–Crippen MR) is 124 cm³/mol. The van der Waals surface area contributed by atoms with Crippen LogP contribution >= 0.6 is 0 Å². The number of hydrogen-bond donors (Lipinski definition) is 0. The van der Waals surface area contributed by atoms with Crippen LogP contribution in [0.3, 0.4) is 0 Å². The van der Waals surface area contributed by atoms with Crippen LogP contribution in [0.2, 0.25) is 0 Å². The molecule has 0 fully saturated rings. The van der Waals surface area contributed by atoms with Crippen molar-refractivity contribution in [2.75, 3.05) is 6.61 Å². The molecule has 12 heteroatoms. The van der Waals surface area contributed by atoms with Gasteiger partial charge >= 0.3 is 23.9 Å². The molecule has 0 saturated carbocycles. The number of benzene rings is 1. The highest BCUT2D eigenvalue weighted by Gasteiger charge is 2.33. The molecule has 0 aliphatic heterocycles. The van der Waals surface area contributed by atoms with E-state index in [1.807, 2.05) is 0 Å². The minimum atomic E-state index is -1.31. The molecule has 0 bridgehead atoms. The Morgan fingerprint density at radius 2 is 1.64 bits per heavy atom. The SMILES string of the molecule is CC(=O)Oc1ccccc1C(=O)OC(C)C(=O)OC(C)(C)CC(=O)OC(C)(C)CCCCO[N+](=O)[O-]. The Balaban J connectivity index is 2.60. The molecular weight excluding hydrogens is 478 g/mol. The number of rotatable bonds is 14. The quantitative estimate of drug-likeness (QED) is 0.0897. The van der Waals surface area contributed by atoms with Crippen molar-refractivity contribution in [3.8, 4) is 5.75 Å². The summed E-state index contributed by atoms with van der Waals surface area (Å²) in [4.78, 5) is 63.1. The summed E-state index contributed by atoms with van der Waals surface area (Å²) in [6, 6.07) is 5.91. The van der Waals surface area contributed by atoms with Crippen molar-refractivity contribution in [1.82, 2.24) is 0 Å². The zero-order valence-electron chi connectivity index (χ0n) is 21.4. The molecule has 0 aliphatic carbocycles. The van der Waals surface area contributed by atoms with Gasteiger partial charge in [-0.15, -0.1) is 10.1 Å². The summed E-state index contributed by atoms with van der Waals surface area (Å²) >= 11 is 0. The molecule has 0 aromatic heterocycles. The number of carbonyl (C=O) groups is 4. The maximum absolute atomic E-state index is 12.5. The molecule has 0 aliphatic rings. The van der Waals surface area contributed by atoms with E-state index < -0.39 is 46.3 Å². The van der Waals surface area contributed by atoms with Crippen molar-refractivity contribution < 1.29 is 48.0 Å². The molecule has 0 saturated heterocycles. The monoisotopic (exact) mass is 511 g/mol. The van der Waals surface area contributed by atoms with Gasteiger partial charge in [0, 0.05) is 6.92 Å². The standard InChI is InChI=1S/C24H33NO11/c1-16(33-22(29)18-11-7-8-12-19(18)34-17(2)26)21(28)36-24(5,6)15-20(27)35-23(3,4)13-9-10-14-32-25(30)31/h7-8,11-12,16H,9-10,13-15H2,1-6H3. The van der Waals surface area contributed by atoms with Crippen LogP contribution < -0.4 is 4.74 Å². The fourth-order valence-corrected chi connectivity index (χ4v) is 3.08. The first-order valence-corrected chi connectivity index (χ1v) is 11.3. The van der Waals surface area contributed by atoms with Crippen LogP contribution in [0, 0.1) is 10.1 Å². The van der Waals surface area contributed by atoms with Crippen LogP contribution in [-0.4, -0.2) is 52.9 Å². The van der Waals surface area contributed by atoms with Crippen LogP contribution in [-0.2, 0) is 33.4 Å². The van der Waals surface area contributed by atoms with Gasteiger partial charge in [-0.05, 0) is 66.0 Å². The number of nitrogens with zero attached hydrogens (tertiary/aromatic N) is 1. The van der Waals surface area contributed by atoms with Crippen molar-refractivity contribution in [3.05, 3.63) is 39.9 Å². The summed E-state index contributed by atoms with van der Waals surface area (Å²) in [7, 11) is 0. The number of para-hydroxylation sites is 1. The Hall–Kier alpha value is -3.70. The number of esters is 4. The van der Waals surface area contributed by atoms with Gasteiger partial charge in [-0.2, -0.15) is 0 Å². The molecule has 0 heterocycles. The lowest BCUT2D eigenvalue weighted by Crippen LogP contribution is -2.38. The zero-order chi connectivity index (χ0) is 27.5. The summed E-state index contributed by atoms with van der Waals surface area (Å²) in [5.41, 5.74) is -2.15. The van der Waals surface area contributed by atoms with E-state index >= 15 is 0 Å². The molecule has 36 heavy (non-hydrogen) atoms. The summed E-state index contributed by atoms with van der Waals surface area (Å²) in [6.07, 6.45) is -0.163. The van der Waals surface area contributed by atoms with Crippen LogP contribution in [0.25, 0.3) is 0 Å². The molecular formula is C24H33NO11. The van der Waals surface area contributed by atoms with Gasteiger partial charge in [0.25, 0.3) is 5.09 Å². The Morgan fingerprint density at radius 1 is 1.00 bits per heavy atom. The number of unbranched alkanes of at least 4 members (excludes halogenated alkanes) is 1. The predicted octanol–water partition coefficient (Wildman–Crippen LogP) is 3.57. The molecule has 0 amide bonds. The topological polar surface area (TPSA) is 158 Å². The zero-order valence-corrected chi connectivity index (χ0v) is 21.4. The highest BCUT2D eigenvalue weighted by molar-refractivity contribution is 5.94. The van der Waals surface area contributed by atoms with Gasteiger partial charge in [0.05, 0.1) is 13.0 Å². The first-order valence-electron chi connectivity index (χ1n) is 11.3. The number of hydrogen-bond acceptors (Lipinski definition) is 11. The van der Waals surface area contributed by atoms with Crippen molar-refractivity contribution in [3.63, 3.8) is 0 Å². The summed E-state index contributed by atoms with van der Waals surface area (Å²) < 4.78 is 21.0. The van der Waals surface area contributed by atoms with E-state index in [-0.39, 0.29) is 24.3 Å². The lowest BCUT2D eigenvalue weighted by molar-refractivity contribution is -0.757. The van der Waals surface area contributed by atoms with Gasteiger partial charge in [0.2, 0.25) is 0 Å². The normalized spacial score (nSPS) is 12.2. The third kappa shape index (κ3) is 11.6. The van der Waals surface area contributed by atoms with Crippen LogP contribution in [0.1, 0.15) is 77.6 Å². The lowest BCUT2D eigenvalue weighted by atomic mass is 10.0. The second-order valence-corrected chi connectivity index (χ2v) is 9.24. The Labute approximate surface area is 209 Å². The minimum absolute atomic E-state index is 0.00781. The summed E-state index contributed by atoms with van der Waals surface area (Å²) in [5, 5.41) is 9.30. The summed E-state index contributed by atoms with van der Waals surface area (Å²) in [5.74, 6) is -3.01. The van der Waals surface area contributed by atoms with E-state index in [1.54, 1.807) is 26.0 Å². The van der Waals surface area contributed by atoms with Gasteiger partial charge in [0.15, 0.2) is 6.10 Å². The first kappa shape index (κ1) is 30.3. The Morgan fingerprint density at radius 3 is 2.25 bits per heavy atom. The van der Waals surface area contributed by atoms with E-state index in [0.29, 0.717) is 19.3 Å². The number of ether oxygens (including phenoxy) is 4. The smallest absolute Gasteiger partial charge is 0.347 e. The van der Waals surface area contributed by atoms with E-state index in [0.717, 1.165) is 0 Å². The largest absolute Gasteiger partial charge is 0.460 e. The molecule has 1 rings (SSSR count). The molecule has 1 aromatic rings. The molecule has 1 aromatic carbocycles. The summed E-state index contributed by atoms with van der Waals surface area (Å²) in [6.45, 7) is 8.88. The third-order valence-corrected chi connectivity index (χ3v) is 4.68. The highest BCUT2D eigenvalue weighted by Crippen LogP contribution is 2.24. The fraction of sp³-hybridized carbons (Fsp3) is 0.583. The molecule has 1 unspecified atom stereocenters. The van der Waals surface area contributed by atoms with Crippen molar-refractivity contribution in [2.45, 2.75) is 84.5 Å². The van der Waals surface area contributed by atoms with Gasteiger partial charge < -0.3 is 23.8 Å². The third-order valence-electron chi connectivity index (χ3n) is 4.68. The molecule has 0 radical (unpaired) electrons. The van der Waals surface area contributed by atoms with Crippen LogP contribution in [0.4, 0.5) is 0 Å². The van der Waals surface area contributed by atoms with Crippen LogP contribution in [0.15, 0.2) is 24.3 Å². The number of carbonyl (C=O) groups excluding carboxylic acids is 4. The highest BCUT2D eigenvalue weighted by atomic mass is 16.9. The van der Waals surface area contributed by atoms with Gasteiger partial charge in [-0.25, -0.2) is 9.59 Å². The van der Waals surface area contributed by atoms with E-state index in [4.69, 9.17) is 18.9 Å². The van der Waals surface area contributed by atoms with Crippen molar-refractivity contribution in [2.24, 2.45) is 0 Å². The second kappa shape index (κ2) is 13.4. The Kier molecular flexibility index (Phi) is 11.3. The second-order valence-electron chi connectivity index (χ2n) is 9.24. The fourth-order valence-electron chi connectivity index (χ4n) is 3.08. The maximum Gasteiger partial charge on any atom is 0.347 e. The molecule has 0 spiro atoms. The van der Waals surface area contributed by atoms with Gasteiger partial charge in [-0.3, -0.25) is 9.59 Å². The van der Waals surface area contributed by atoms with Gasteiger partial charge in [0.1, 0.15) is 22.5 Å². The lowest BCUT2D eigenvalue weighted by Gasteiger charge is -2.29. The minimum Gasteiger partial charge on any atom is -0.460 e. The molecule has 200 valence electrons. The van der Waals surface area contributed by atoms with Gasteiger partial charge in [-0.1, -0.05) is 12.1 Å². The van der Waals surface area contributed by atoms with E-state index in [9.17, 15) is 29.3 Å². The van der Waals surface area contributed by atoms with Crippen molar-refractivity contribution in [1.29, 1.82) is 0 Å².